The van der Waals surface area contributed by atoms with Gasteiger partial charge in [0.25, 0.3) is 0 Å². The third-order valence-electron chi connectivity index (χ3n) is 5.74. The number of hydrogen-bond acceptors (Lipinski definition) is 6. The number of ether oxygens (including phenoxy) is 4. The van der Waals surface area contributed by atoms with Crippen LogP contribution in [0.5, 0.6) is 17.2 Å². The number of methoxy groups -OCH3 is 2. The highest BCUT2D eigenvalue weighted by atomic mass is 16.5. The number of benzene rings is 2. The molecule has 1 atom stereocenters. The van der Waals surface area contributed by atoms with Crippen LogP contribution in [0, 0.1) is 5.41 Å². The van der Waals surface area contributed by atoms with Gasteiger partial charge in [-0.25, -0.2) is 4.79 Å². The Morgan fingerprint density at radius 2 is 1.97 bits per heavy atom. The van der Waals surface area contributed by atoms with Crippen molar-refractivity contribution in [2.45, 2.75) is 38.9 Å². The van der Waals surface area contributed by atoms with Gasteiger partial charge in [-0.3, -0.25) is 4.79 Å². The smallest absolute Gasteiger partial charge is 0.338 e. The summed E-state index contributed by atoms with van der Waals surface area (Å²) in [4.78, 5) is 23.9. The summed E-state index contributed by atoms with van der Waals surface area (Å²) in [7, 11) is -5.94. The summed E-state index contributed by atoms with van der Waals surface area (Å²) in [6.45, 7) is 1.79. The maximum Gasteiger partial charge on any atom is 0.338 e. The summed E-state index contributed by atoms with van der Waals surface area (Å²) < 4.78 is 66.8. The summed E-state index contributed by atoms with van der Waals surface area (Å²) in [5, 5.41) is 9.82. The molecule has 1 aliphatic heterocycles. The van der Waals surface area contributed by atoms with Gasteiger partial charge in [0.1, 0.15) is 18.1 Å². The number of rotatable bonds is 8. The highest BCUT2D eigenvalue weighted by Crippen LogP contribution is 2.53. The lowest BCUT2D eigenvalue weighted by Gasteiger charge is -2.27. The van der Waals surface area contributed by atoms with Crippen molar-refractivity contribution in [3.63, 3.8) is 0 Å². The van der Waals surface area contributed by atoms with Crippen LogP contribution in [0.1, 0.15) is 50.3 Å². The molecule has 1 fully saturated rings. The molecule has 0 amide bonds. The minimum absolute atomic E-state index is 0.0524. The van der Waals surface area contributed by atoms with Crippen molar-refractivity contribution in [1.82, 2.24) is 0 Å². The van der Waals surface area contributed by atoms with Crippen molar-refractivity contribution in [3.05, 3.63) is 41.5 Å². The second-order valence-electron chi connectivity index (χ2n) is 7.40. The van der Waals surface area contributed by atoms with E-state index in [0.717, 1.165) is 0 Å². The number of carboxylic acids is 1. The molecule has 1 aliphatic carbocycles. The van der Waals surface area contributed by atoms with E-state index in [1.807, 2.05) is 0 Å². The molecule has 0 radical (unpaired) electrons. The Labute approximate surface area is 182 Å². The van der Waals surface area contributed by atoms with E-state index in [9.17, 15) is 14.7 Å². The average Bonchev–Trinajstić information content (AvgIpc) is 3.50. The van der Waals surface area contributed by atoms with Gasteiger partial charge >= 0.3 is 11.9 Å². The molecule has 0 spiro atoms. The summed E-state index contributed by atoms with van der Waals surface area (Å²) >= 11 is 0. The molecule has 2 aromatic carbocycles. The molecule has 30 heavy (non-hydrogen) atoms. The fraction of sp³-hybridized carbons (Fsp3) is 0.391. The quantitative estimate of drug-likeness (QED) is 0.646. The Kier molecular flexibility index (Phi) is 3.50. The van der Waals surface area contributed by atoms with Crippen molar-refractivity contribution < 1.29 is 41.9 Å². The number of carbonyl (C=O) groups excluding carboxylic acids is 1. The summed E-state index contributed by atoms with van der Waals surface area (Å²) in [6.07, 6.45) is 0.149. The molecular formula is C23H24O7. The Balaban J connectivity index is 1.91. The van der Waals surface area contributed by atoms with Crippen molar-refractivity contribution in [2.24, 2.45) is 5.41 Å². The zero-order chi connectivity index (χ0) is 26.5. The molecule has 2 aliphatic rings. The number of esters is 1. The lowest BCUT2D eigenvalue weighted by Crippen LogP contribution is -2.34. The Morgan fingerprint density at radius 1 is 1.20 bits per heavy atom. The first-order valence-corrected chi connectivity index (χ1v) is 9.49. The van der Waals surface area contributed by atoms with E-state index in [2.05, 4.69) is 0 Å². The lowest BCUT2D eigenvalue weighted by molar-refractivity contribution is -0.147. The lowest BCUT2D eigenvalue weighted by atomic mass is 9.96. The first-order chi connectivity index (χ1) is 16.7. The molecule has 4 rings (SSSR count). The van der Waals surface area contributed by atoms with Gasteiger partial charge in [-0.05, 0) is 49.1 Å². The molecular weight excluding hydrogens is 388 g/mol. The minimum Gasteiger partial charge on any atom is -0.493 e. The summed E-state index contributed by atoms with van der Waals surface area (Å²) in [5.41, 5.74) is 0.613. The second kappa shape index (κ2) is 7.55. The van der Waals surface area contributed by atoms with Crippen molar-refractivity contribution in [3.8, 4) is 28.4 Å². The fourth-order valence-corrected chi connectivity index (χ4v) is 3.90. The predicted octanol–water partition coefficient (Wildman–Crippen LogP) is 4.06. The maximum atomic E-state index is 12.0. The van der Waals surface area contributed by atoms with Gasteiger partial charge in [0.2, 0.25) is 5.75 Å². The monoisotopic (exact) mass is 418 g/mol. The van der Waals surface area contributed by atoms with Crippen LogP contribution in [-0.2, 0) is 16.1 Å². The third kappa shape index (κ3) is 3.14. The molecule has 1 N–H and O–H groups in total. The first-order valence-electron chi connectivity index (χ1n) is 12.5. The highest BCUT2D eigenvalue weighted by molar-refractivity contribution is 5.94. The Bertz CT molecular complexity index is 1200. The van der Waals surface area contributed by atoms with Gasteiger partial charge in [-0.1, -0.05) is 13.0 Å². The van der Waals surface area contributed by atoms with Gasteiger partial charge in [-0.15, -0.1) is 0 Å². The van der Waals surface area contributed by atoms with Gasteiger partial charge in [0.05, 0.1) is 27.9 Å². The zero-order valence-electron chi connectivity index (χ0n) is 22.2. The fourth-order valence-electron chi connectivity index (χ4n) is 3.90. The van der Waals surface area contributed by atoms with Gasteiger partial charge in [0.15, 0.2) is 11.5 Å². The van der Waals surface area contributed by atoms with E-state index in [1.54, 1.807) is 25.1 Å². The first kappa shape index (κ1) is 13.9. The average molecular weight is 418 g/mol. The van der Waals surface area contributed by atoms with E-state index in [4.69, 9.17) is 27.2 Å². The van der Waals surface area contributed by atoms with Gasteiger partial charge < -0.3 is 24.1 Å². The van der Waals surface area contributed by atoms with Crippen LogP contribution in [-0.4, -0.2) is 37.2 Å². The molecule has 158 valence electrons. The van der Waals surface area contributed by atoms with E-state index < -0.39 is 49.0 Å². The topological polar surface area (TPSA) is 91.3 Å². The zero-order valence-corrected chi connectivity index (χ0v) is 16.2. The molecule has 7 heteroatoms. The highest BCUT2D eigenvalue weighted by Gasteiger charge is 2.57. The summed E-state index contributed by atoms with van der Waals surface area (Å²) in [6, 6.07) is 7.53. The molecule has 1 unspecified atom stereocenters. The Hall–Kier alpha value is -3.22. The molecule has 7 nitrogen and oxygen atoms in total. The molecule has 0 bridgehead atoms. The van der Waals surface area contributed by atoms with E-state index in [1.165, 1.54) is 12.1 Å². The van der Waals surface area contributed by atoms with Gasteiger partial charge in [-0.2, -0.15) is 0 Å². The van der Waals surface area contributed by atoms with Crippen LogP contribution < -0.4 is 14.2 Å². The van der Waals surface area contributed by atoms with Crippen molar-refractivity contribution in [1.29, 1.82) is 0 Å². The molecule has 0 aromatic heterocycles. The van der Waals surface area contributed by atoms with Crippen LogP contribution in [0.25, 0.3) is 11.1 Å². The Morgan fingerprint density at radius 3 is 2.63 bits per heavy atom. The van der Waals surface area contributed by atoms with Crippen molar-refractivity contribution >= 4 is 11.9 Å². The minimum atomic E-state index is -3.01. The predicted molar refractivity (Wildman–Crippen MR) is 108 cm³/mol. The van der Waals surface area contributed by atoms with Crippen LogP contribution in [0.15, 0.2) is 30.3 Å². The SMILES string of the molecule is [2H]C([2H])([2H])Oc1ccc(-c2ccc3c(c2)COC3=O)c(OC(CC)C2(C(=O)O)CC2)c1OC([2H])([2H])[2H]. The number of fused-ring (bicyclic) bond motifs is 1. The van der Waals surface area contributed by atoms with E-state index in [-0.39, 0.29) is 18.8 Å². The normalized spacial score (nSPS) is 20.8. The molecule has 1 saturated carbocycles. The maximum absolute atomic E-state index is 12.0. The number of carbonyl (C=O) groups is 2. The van der Waals surface area contributed by atoms with E-state index >= 15 is 0 Å². The summed E-state index contributed by atoms with van der Waals surface area (Å²) in [5.74, 6) is -2.57. The van der Waals surface area contributed by atoms with Crippen LogP contribution >= 0.6 is 0 Å². The molecule has 2 aromatic rings. The second-order valence-corrected chi connectivity index (χ2v) is 7.40. The van der Waals surface area contributed by atoms with Crippen LogP contribution in [0.2, 0.25) is 0 Å². The number of hydrogen-bond donors (Lipinski definition) is 1. The molecule has 0 saturated heterocycles. The van der Waals surface area contributed by atoms with Gasteiger partial charge in [0, 0.05) is 11.1 Å². The van der Waals surface area contributed by atoms with Crippen molar-refractivity contribution in [2.75, 3.05) is 14.1 Å². The number of carboxylic acid groups (broad SMARTS) is 1. The number of cyclic esters (lactones) is 1. The largest absolute Gasteiger partial charge is 0.493 e. The standard InChI is InChI=1S/C23H24O7/c1-4-18(23(9-10-23)22(25)26)30-19-15(7-8-17(27-2)20(19)28-3)13-5-6-16-14(11-13)12-29-21(16)24/h5-8,11,18H,4,9-10,12H2,1-3H3,(H,25,26)/i2D3,3D3. The van der Waals surface area contributed by atoms with Crippen LogP contribution in [0.3, 0.4) is 0 Å². The van der Waals surface area contributed by atoms with Crippen LogP contribution in [0.4, 0.5) is 0 Å². The third-order valence-corrected chi connectivity index (χ3v) is 5.74. The van der Waals surface area contributed by atoms with E-state index in [0.29, 0.717) is 35.1 Å². The number of aliphatic carboxylic acids is 1. The molecule has 1 heterocycles.